The van der Waals surface area contributed by atoms with E-state index in [-0.39, 0.29) is 17.3 Å². The number of hydrogen-bond acceptors (Lipinski definition) is 4. The molecule has 1 saturated heterocycles. The molecule has 0 radical (unpaired) electrons. The number of nitrogens with zero attached hydrogens (tertiary/aromatic N) is 2. The number of amidine groups is 1. The summed E-state index contributed by atoms with van der Waals surface area (Å²) in [6.07, 6.45) is 0. The summed E-state index contributed by atoms with van der Waals surface area (Å²) in [5.74, 6) is -0.231. The minimum absolute atomic E-state index is 0.0789. The molecule has 6 nitrogen and oxygen atoms in total. The molecule has 0 spiro atoms. The van der Waals surface area contributed by atoms with Gasteiger partial charge in [0.05, 0.1) is 18.8 Å². The highest BCUT2D eigenvalue weighted by Crippen LogP contribution is 2.27. The van der Waals surface area contributed by atoms with Crippen LogP contribution >= 0.6 is 0 Å². The van der Waals surface area contributed by atoms with Gasteiger partial charge in [-0.1, -0.05) is 5.16 Å². The fraction of sp³-hybridized carbons (Fsp3) is 0.818. The maximum atomic E-state index is 12.4. The third kappa shape index (κ3) is 2.52. The molecule has 3 N–H and O–H groups in total. The van der Waals surface area contributed by atoms with Crippen LogP contribution in [0.1, 0.15) is 27.7 Å². The second-order valence-corrected chi connectivity index (χ2v) is 5.43. The topological polar surface area (TPSA) is 88.2 Å². The Labute approximate surface area is 101 Å². The number of amides is 1. The van der Waals surface area contributed by atoms with E-state index < -0.39 is 5.41 Å². The second kappa shape index (κ2) is 4.52. The molecule has 1 aliphatic heterocycles. The molecular weight excluding hydrogens is 222 g/mol. The van der Waals surface area contributed by atoms with E-state index in [0.717, 1.165) is 0 Å². The van der Waals surface area contributed by atoms with E-state index in [2.05, 4.69) is 5.16 Å². The average molecular weight is 243 g/mol. The van der Waals surface area contributed by atoms with Crippen LogP contribution in [-0.2, 0) is 9.53 Å². The van der Waals surface area contributed by atoms with Crippen LogP contribution in [0.5, 0.6) is 0 Å². The van der Waals surface area contributed by atoms with E-state index in [1.165, 1.54) is 0 Å². The minimum atomic E-state index is -1.01. The Morgan fingerprint density at radius 1 is 1.53 bits per heavy atom. The van der Waals surface area contributed by atoms with E-state index in [4.69, 9.17) is 15.7 Å². The zero-order valence-electron chi connectivity index (χ0n) is 10.9. The Hall–Kier alpha value is -1.30. The molecule has 1 rings (SSSR count). The molecule has 1 fully saturated rings. The van der Waals surface area contributed by atoms with Gasteiger partial charge in [0, 0.05) is 6.54 Å². The molecular formula is C11H21N3O3. The summed E-state index contributed by atoms with van der Waals surface area (Å²) in [6.45, 7) is 8.70. The van der Waals surface area contributed by atoms with E-state index in [1.54, 1.807) is 18.7 Å². The van der Waals surface area contributed by atoms with Crippen molar-refractivity contribution >= 4 is 11.7 Å². The number of ether oxygens (including phenoxy) is 1. The Balaban J connectivity index is 2.96. The van der Waals surface area contributed by atoms with Crippen molar-refractivity contribution in [2.24, 2.45) is 16.3 Å². The summed E-state index contributed by atoms with van der Waals surface area (Å²) >= 11 is 0. The van der Waals surface area contributed by atoms with Crippen LogP contribution in [0.3, 0.4) is 0 Å². The van der Waals surface area contributed by atoms with Gasteiger partial charge in [0.25, 0.3) is 0 Å². The van der Waals surface area contributed by atoms with Gasteiger partial charge >= 0.3 is 0 Å². The van der Waals surface area contributed by atoms with Crippen LogP contribution in [0.25, 0.3) is 0 Å². The van der Waals surface area contributed by atoms with E-state index in [0.29, 0.717) is 19.8 Å². The number of hydrogen-bond donors (Lipinski definition) is 2. The highest BCUT2D eigenvalue weighted by molar-refractivity contribution is 6.06. The molecule has 1 amide bonds. The summed E-state index contributed by atoms with van der Waals surface area (Å²) in [7, 11) is 0. The number of morpholine rings is 1. The van der Waals surface area contributed by atoms with Crippen LogP contribution in [-0.4, -0.2) is 47.1 Å². The fourth-order valence-corrected chi connectivity index (χ4v) is 1.81. The largest absolute Gasteiger partial charge is 0.409 e. The van der Waals surface area contributed by atoms with Crippen LogP contribution in [0.2, 0.25) is 0 Å². The van der Waals surface area contributed by atoms with Gasteiger partial charge in [-0.05, 0) is 27.7 Å². The number of rotatable bonds is 2. The normalized spacial score (nSPS) is 21.4. The van der Waals surface area contributed by atoms with E-state index in [9.17, 15) is 4.79 Å². The van der Waals surface area contributed by atoms with Crippen LogP contribution in [0, 0.1) is 5.41 Å². The molecule has 0 atom stereocenters. The summed E-state index contributed by atoms with van der Waals surface area (Å²) in [5.41, 5.74) is 4.18. The second-order valence-electron chi connectivity index (χ2n) is 5.43. The van der Waals surface area contributed by atoms with Crippen molar-refractivity contribution in [2.75, 3.05) is 19.8 Å². The van der Waals surface area contributed by atoms with E-state index in [1.807, 2.05) is 13.8 Å². The Kier molecular flexibility index (Phi) is 3.66. The first-order valence-electron chi connectivity index (χ1n) is 5.61. The van der Waals surface area contributed by atoms with Crippen molar-refractivity contribution in [1.82, 2.24) is 4.90 Å². The van der Waals surface area contributed by atoms with Gasteiger partial charge in [-0.2, -0.15) is 0 Å². The van der Waals surface area contributed by atoms with Gasteiger partial charge < -0.3 is 20.6 Å². The van der Waals surface area contributed by atoms with Gasteiger partial charge in [-0.25, -0.2) is 0 Å². The lowest BCUT2D eigenvalue weighted by atomic mass is 9.87. The zero-order valence-corrected chi connectivity index (χ0v) is 10.9. The first-order valence-corrected chi connectivity index (χ1v) is 5.61. The third-order valence-electron chi connectivity index (χ3n) is 3.17. The summed E-state index contributed by atoms with van der Waals surface area (Å²) < 4.78 is 5.36. The van der Waals surface area contributed by atoms with Gasteiger partial charge in [0.1, 0.15) is 5.41 Å². The van der Waals surface area contributed by atoms with Crippen molar-refractivity contribution in [1.29, 1.82) is 0 Å². The highest BCUT2D eigenvalue weighted by atomic mass is 16.5. The van der Waals surface area contributed by atoms with Gasteiger partial charge in [-0.3, -0.25) is 4.79 Å². The lowest BCUT2D eigenvalue weighted by Gasteiger charge is -2.45. The molecule has 0 aromatic heterocycles. The smallest absolute Gasteiger partial charge is 0.236 e. The zero-order chi connectivity index (χ0) is 13.3. The fourth-order valence-electron chi connectivity index (χ4n) is 1.81. The molecule has 98 valence electrons. The summed E-state index contributed by atoms with van der Waals surface area (Å²) in [6, 6.07) is 0. The molecule has 0 bridgehead atoms. The number of nitrogens with two attached hydrogens (primary N) is 1. The van der Waals surface area contributed by atoms with E-state index >= 15 is 0 Å². The first kappa shape index (κ1) is 13.8. The summed E-state index contributed by atoms with van der Waals surface area (Å²) in [4.78, 5) is 14.2. The maximum Gasteiger partial charge on any atom is 0.236 e. The molecule has 0 unspecified atom stereocenters. The molecule has 0 aliphatic carbocycles. The van der Waals surface area contributed by atoms with Crippen molar-refractivity contribution < 1.29 is 14.7 Å². The summed E-state index contributed by atoms with van der Waals surface area (Å²) in [5, 5.41) is 11.7. The standard InChI is InChI=1S/C11H21N3O3/c1-10(2)7-17-6-5-14(10)9(15)11(3,4)8(12)13-16/h16H,5-7H2,1-4H3,(H2,12,13). The number of carbonyl (C=O) groups is 1. The first-order chi connectivity index (χ1) is 7.73. The number of carbonyl (C=O) groups excluding carboxylic acids is 1. The van der Waals surface area contributed by atoms with Crippen LogP contribution < -0.4 is 5.73 Å². The molecule has 1 aliphatic rings. The molecule has 6 heteroatoms. The molecule has 0 aromatic carbocycles. The average Bonchev–Trinajstić information content (AvgIpc) is 2.26. The Morgan fingerprint density at radius 3 is 2.59 bits per heavy atom. The third-order valence-corrected chi connectivity index (χ3v) is 3.17. The van der Waals surface area contributed by atoms with Crippen molar-refractivity contribution in [3.8, 4) is 0 Å². The SMILES string of the molecule is CC(C)(C(=O)N1CCOCC1(C)C)C(N)=NO. The monoisotopic (exact) mass is 243 g/mol. The Morgan fingerprint density at radius 2 is 2.12 bits per heavy atom. The lowest BCUT2D eigenvalue weighted by molar-refractivity contribution is -0.152. The quantitative estimate of drug-likeness (QED) is 0.318. The number of oxime groups is 1. The predicted octanol–water partition coefficient (Wildman–Crippen LogP) is 0.396. The van der Waals surface area contributed by atoms with Gasteiger partial charge in [-0.15, -0.1) is 0 Å². The molecule has 0 saturated carbocycles. The predicted molar refractivity (Wildman–Crippen MR) is 63.8 cm³/mol. The lowest BCUT2D eigenvalue weighted by Crippen LogP contribution is -2.60. The van der Waals surface area contributed by atoms with Gasteiger partial charge in [0.15, 0.2) is 5.84 Å². The minimum Gasteiger partial charge on any atom is -0.409 e. The van der Waals surface area contributed by atoms with Crippen LogP contribution in [0.4, 0.5) is 0 Å². The van der Waals surface area contributed by atoms with Crippen molar-refractivity contribution in [3.05, 3.63) is 0 Å². The van der Waals surface area contributed by atoms with Crippen molar-refractivity contribution in [3.63, 3.8) is 0 Å². The Bertz CT molecular complexity index is 337. The molecule has 17 heavy (non-hydrogen) atoms. The van der Waals surface area contributed by atoms with Crippen molar-refractivity contribution in [2.45, 2.75) is 33.2 Å². The molecule has 1 heterocycles. The maximum absolute atomic E-state index is 12.4. The highest BCUT2D eigenvalue weighted by Gasteiger charge is 2.43. The van der Waals surface area contributed by atoms with Crippen LogP contribution in [0.15, 0.2) is 5.16 Å². The molecule has 0 aromatic rings. The van der Waals surface area contributed by atoms with Gasteiger partial charge in [0.2, 0.25) is 5.91 Å².